The van der Waals surface area contributed by atoms with E-state index in [4.69, 9.17) is 9.22 Å². The van der Waals surface area contributed by atoms with Gasteiger partial charge in [-0.1, -0.05) is 18.2 Å². The molecule has 2 unspecified atom stereocenters. The molecule has 4 heteroatoms. The van der Waals surface area contributed by atoms with E-state index in [1.54, 1.807) is 19.0 Å². The van der Waals surface area contributed by atoms with Gasteiger partial charge in [0.05, 0.1) is 12.9 Å². The maximum absolute atomic E-state index is 10.0. The summed E-state index contributed by atoms with van der Waals surface area (Å²) in [7, 11) is 9.25. The van der Waals surface area contributed by atoms with Crippen molar-refractivity contribution in [3.8, 4) is 0 Å². The van der Waals surface area contributed by atoms with Crippen molar-refractivity contribution in [2.75, 3.05) is 14.1 Å². The Morgan fingerprint density at radius 3 is 2.45 bits per heavy atom. The second kappa shape index (κ2) is 5.54. The number of fused-ring (bicyclic) bond motifs is 1. The molecule has 0 aliphatic heterocycles. The molecule has 1 N–H and O–H groups in total. The number of hydrogen-bond acceptors (Lipinski definition) is 3. The lowest BCUT2D eigenvalue weighted by Crippen LogP contribution is -2.31. The Morgan fingerprint density at radius 2 is 1.90 bits per heavy atom. The van der Waals surface area contributed by atoms with E-state index in [2.05, 4.69) is 18.8 Å². The number of likely N-dealkylation sites (N-methyl/N-ethyl adjacent to an activating group) is 1. The zero-order valence-corrected chi connectivity index (χ0v) is 12.7. The van der Waals surface area contributed by atoms with Crippen LogP contribution >= 0.6 is 0 Å². The summed E-state index contributed by atoms with van der Waals surface area (Å²) >= 11 is 0. The first kappa shape index (κ1) is 13.6. The number of rotatable bonds is 3. The van der Waals surface area contributed by atoms with Gasteiger partial charge in [0.1, 0.15) is 7.85 Å². The Balaban J connectivity index is 2.81. The first-order valence-electron chi connectivity index (χ1n) is 7.18. The molecule has 0 amide bonds. The van der Waals surface area contributed by atoms with Gasteiger partial charge in [-0.25, -0.2) is 0 Å². The highest BCUT2D eigenvalue weighted by atomic mass is 16.3. The van der Waals surface area contributed by atoms with Crippen molar-refractivity contribution in [1.29, 1.82) is 0 Å². The van der Waals surface area contributed by atoms with Gasteiger partial charge in [-0.15, -0.1) is 0 Å². The van der Waals surface area contributed by atoms with Crippen LogP contribution < -0.4 is 0 Å². The summed E-state index contributed by atoms with van der Waals surface area (Å²) in [6.07, 6.45) is 0. The van der Waals surface area contributed by atoms with E-state index in [-0.39, 0.29) is 0 Å². The van der Waals surface area contributed by atoms with Gasteiger partial charge in [-0.2, -0.15) is 0 Å². The molecule has 2 radical (unpaired) electrons. The van der Waals surface area contributed by atoms with Crippen molar-refractivity contribution in [3.63, 3.8) is 0 Å². The van der Waals surface area contributed by atoms with Crippen LogP contribution in [0.4, 0.5) is 0 Å². The van der Waals surface area contributed by atoms with E-state index in [0.717, 1.165) is 27.7 Å². The lowest BCUT2D eigenvalue weighted by Gasteiger charge is -2.29. The zero-order chi connectivity index (χ0) is 15.9. The number of aliphatic hydroxyl groups is 1. The van der Waals surface area contributed by atoms with Crippen LogP contribution in [-0.4, -0.2) is 42.9 Å². The fourth-order valence-corrected chi connectivity index (χ4v) is 2.64. The molecule has 0 spiro atoms. The molecule has 0 aliphatic carbocycles. The summed E-state index contributed by atoms with van der Waals surface area (Å²) in [6, 6.07) is 5.15. The largest absolute Gasteiger partial charge is 0.401 e. The zero-order valence-electron chi connectivity index (χ0n) is 13.7. The maximum Gasteiger partial charge on any atom is 0.111 e. The van der Waals surface area contributed by atoms with Crippen molar-refractivity contribution < 1.29 is 6.48 Å². The van der Waals surface area contributed by atoms with Gasteiger partial charge in [0.15, 0.2) is 0 Å². The lowest BCUT2D eigenvalue weighted by molar-refractivity contribution is 0.138. The number of benzene rings is 1. The minimum absolute atomic E-state index is 0.657. The van der Waals surface area contributed by atoms with Crippen LogP contribution in [0.5, 0.6) is 0 Å². The molecule has 0 saturated heterocycles. The summed E-state index contributed by atoms with van der Waals surface area (Å²) < 4.78 is 7.85. The van der Waals surface area contributed by atoms with Gasteiger partial charge < -0.3 is 10.0 Å². The van der Waals surface area contributed by atoms with Crippen LogP contribution in [0.2, 0.25) is 0 Å². The smallest absolute Gasteiger partial charge is 0.111 e. The SMILES string of the molecule is [2H]C([B])(O)C(c1cccc2c(C)c(C)c(C)nc12)N(C)C. The molecule has 1 aromatic heterocycles. The molecule has 2 rings (SSSR count). The molecular weight excluding hydrogens is 247 g/mol. The van der Waals surface area contributed by atoms with Gasteiger partial charge in [0.2, 0.25) is 0 Å². The van der Waals surface area contributed by atoms with E-state index < -0.39 is 12.0 Å². The van der Waals surface area contributed by atoms with Crippen LogP contribution in [0.1, 0.15) is 29.8 Å². The Hall–Kier alpha value is -1.39. The third kappa shape index (κ3) is 2.46. The average molecular weight is 269 g/mol. The Kier molecular flexibility index (Phi) is 3.77. The number of pyridine rings is 1. The molecule has 0 saturated carbocycles. The Bertz CT molecular complexity index is 680. The summed E-state index contributed by atoms with van der Waals surface area (Å²) in [5, 5.41) is 11.1. The number of hydrogen-bond donors (Lipinski definition) is 1. The van der Waals surface area contributed by atoms with Crippen LogP contribution in [0.25, 0.3) is 10.9 Å². The van der Waals surface area contributed by atoms with Gasteiger partial charge in [0, 0.05) is 17.1 Å². The maximum atomic E-state index is 10.0. The number of para-hydroxylation sites is 1. The molecule has 0 fully saturated rings. The average Bonchev–Trinajstić information content (AvgIpc) is 2.35. The monoisotopic (exact) mass is 269 g/mol. The molecule has 2 atom stereocenters. The summed E-state index contributed by atoms with van der Waals surface area (Å²) in [6.45, 7) is 6.09. The normalized spacial score (nSPS) is 17.1. The fraction of sp³-hybridized carbons (Fsp3) is 0.438. The summed E-state index contributed by atoms with van der Waals surface area (Å²) in [5.41, 5.74) is 4.85. The number of aromatic nitrogens is 1. The molecule has 1 heterocycles. The first-order chi connectivity index (χ1) is 9.64. The van der Waals surface area contributed by atoms with Gasteiger partial charge in [-0.3, -0.25) is 4.98 Å². The Labute approximate surface area is 123 Å². The van der Waals surface area contributed by atoms with Gasteiger partial charge >= 0.3 is 0 Å². The van der Waals surface area contributed by atoms with Crippen LogP contribution in [0.15, 0.2) is 18.2 Å². The van der Waals surface area contributed by atoms with Crippen LogP contribution in [-0.2, 0) is 0 Å². The number of nitrogens with zero attached hydrogens (tertiary/aromatic N) is 2. The van der Waals surface area contributed by atoms with E-state index in [0.29, 0.717) is 0 Å². The lowest BCUT2D eigenvalue weighted by atomic mass is 9.85. The minimum Gasteiger partial charge on any atom is -0.401 e. The molecule has 0 bridgehead atoms. The van der Waals surface area contributed by atoms with Crippen molar-refractivity contribution in [2.24, 2.45) is 0 Å². The van der Waals surface area contributed by atoms with Crippen molar-refractivity contribution >= 4 is 18.7 Å². The van der Waals surface area contributed by atoms with Crippen molar-refractivity contribution in [1.82, 2.24) is 9.88 Å². The fourth-order valence-electron chi connectivity index (χ4n) is 2.64. The molecule has 0 aliphatic rings. The standard InChI is InChI=1S/C16H21BN2O/c1-9-10(2)12-7-6-8-13(14(12)18-11(9)3)15(16(17)20)19(4)5/h6-8,15-16,20H,1-5H3/i16D. The third-order valence-electron chi connectivity index (χ3n) is 3.95. The van der Waals surface area contributed by atoms with Crippen LogP contribution in [0, 0.1) is 20.8 Å². The number of aryl methyl sites for hydroxylation is 2. The topological polar surface area (TPSA) is 36.4 Å². The van der Waals surface area contributed by atoms with E-state index >= 15 is 0 Å². The third-order valence-corrected chi connectivity index (χ3v) is 3.95. The Morgan fingerprint density at radius 1 is 1.25 bits per heavy atom. The van der Waals surface area contributed by atoms with E-state index in [1.165, 1.54) is 5.56 Å². The summed E-state index contributed by atoms with van der Waals surface area (Å²) in [5.74, 6) is -2.09. The van der Waals surface area contributed by atoms with Crippen molar-refractivity contribution in [3.05, 3.63) is 40.6 Å². The molecule has 2 aromatic rings. The summed E-state index contributed by atoms with van der Waals surface area (Å²) in [4.78, 5) is 6.42. The highest BCUT2D eigenvalue weighted by molar-refractivity contribution is 6.11. The highest BCUT2D eigenvalue weighted by Crippen LogP contribution is 2.30. The van der Waals surface area contributed by atoms with Crippen LogP contribution in [0.3, 0.4) is 0 Å². The molecule has 20 heavy (non-hydrogen) atoms. The van der Waals surface area contributed by atoms with Gasteiger partial charge in [-0.05, 0) is 51.6 Å². The predicted molar refractivity (Wildman–Crippen MR) is 84.1 cm³/mol. The molecule has 1 aromatic carbocycles. The van der Waals surface area contributed by atoms with E-state index in [1.807, 2.05) is 25.1 Å². The minimum atomic E-state index is -2.09. The molecule has 3 nitrogen and oxygen atoms in total. The highest BCUT2D eigenvalue weighted by Gasteiger charge is 2.22. The first-order valence-corrected chi connectivity index (χ1v) is 6.68. The van der Waals surface area contributed by atoms with E-state index in [9.17, 15) is 5.11 Å². The quantitative estimate of drug-likeness (QED) is 0.868. The molecule has 104 valence electrons. The second-order valence-corrected chi connectivity index (χ2v) is 5.48. The molecular formula is C16H21BN2O. The van der Waals surface area contributed by atoms with Gasteiger partial charge in [0.25, 0.3) is 0 Å². The predicted octanol–water partition coefficient (Wildman–Crippen LogP) is 2.25. The van der Waals surface area contributed by atoms with Crippen molar-refractivity contribution in [2.45, 2.75) is 32.8 Å². The second-order valence-electron chi connectivity index (χ2n) is 5.48.